The largest absolute Gasteiger partial charge is 0.464 e. The van der Waals surface area contributed by atoms with Crippen molar-refractivity contribution in [3.8, 4) is 0 Å². The van der Waals surface area contributed by atoms with Gasteiger partial charge < -0.3 is 4.42 Å². The molecule has 128 valence electrons. The molecule has 1 heterocycles. The van der Waals surface area contributed by atoms with E-state index in [1.54, 1.807) is 6.07 Å². The molecule has 3 aromatic rings. The number of carbonyl (C=O) groups is 2. The molecule has 2 N–H and O–H groups in total. The lowest BCUT2D eigenvalue weighted by molar-refractivity contribution is -0.121. The standard InChI is InChI=1S/C19H17FN2O3/c1-2-12-7-8-17-15(9-12)13(11-25-17)10-18(23)21-22-19(24)14-5-3-4-6-16(14)20/h3-9,11H,2,10H2,1H3,(H,21,23)(H,22,24). The fourth-order valence-corrected chi connectivity index (χ4v) is 2.54. The molecule has 2 aromatic carbocycles. The van der Waals surface area contributed by atoms with Crippen LogP contribution in [0.5, 0.6) is 0 Å². The van der Waals surface area contributed by atoms with Crippen LogP contribution in [-0.4, -0.2) is 11.8 Å². The monoisotopic (exact) mass is 340 g/mol. The number of halogens is 1. The summed E-state index contributed by atoms with van der Waals surface area (Å²) < 4.78 is 19.0. The molecule has 0 saturated carbocycles. The van der Waals surface area contributed by atoms with Crippen molar-refractivity contribution in [3.05, 3.63) is 71.2 Å². The van der Waals surface area contributed by atoms with Gasteiger partial charge in [-0.05, 0) is 36.2 Å². The van der Waals surface area contributed by atoms with E-state index in [4.69, 9.17) is 4.42 Å². The second-order valence-electron chi connectivity index (χ2n) is 5.60. The molecule has 0 spiro atoms. The summed E-state index contributed by atoms with van der Waals surface area (Å²) in [6.45, 7) is 2.05. The second-order valence-corrected chi connectivity index (χ2v) is 5.60. The first-order chi connectivity index (χ1) is 12.1. The Kier molecular flexibility index (Phi) is 4.79. The molecule has 2 amide bonds. The molecule has 5 nitrogen and oxygen atoms in total. The number of hydrogen-bond acceptors (Lipinski definition) is 3. The minimum absolute atomic E-state index is 0.0394. The summed E-state index contributed by atoms with van der Waals surface area (Å²) in [4.78, 5) is 24.0. The number of carbonyl (C=O) groups excluding carboxylic acids is 2. The van der Waals surface area contributed by atoms with Gasteiger partial charge >= 0.3 is 0 Å². The van der Waals surface area contributed by atoms with Gasteiger partial charge in [0.2, 0.25) is 5.91 Å². The molecular weight excluding hydrogens is 323 g/mol. The highest BCUT2D eigenvalue weighted by Gasteiger charge is 2.14. The zero-order chi connectivity index (χ0) is 17.8. The maximum atomic E-state index is 13.5. The van der Waals surface area contributed by atoms with Crippen molar-refractivity contribution in [2.45, 2.75) is 19.8 Å². The molecule has 0 fully saturated rings. The molecule has 1 aromatic heterocycles. The molecule has 0 saturated heterocycles. The van der Waals surface area contributed by atoms with E-state index in [1.807, 2.05) is 25.1 Å². The van der Waals surface area contributed by atoms with Crippen molar-refractivity contribution < 1.29 is 18.4 Å². The minimum atomic E-state index is -0.711. The van der Waals surface area contributed by atoms with Crippen LogP contribution in [0.3, 0.4) is 0 Å². The van der Waals surface area contributed by atoms with Gasteiger partial charge in [-0.3, -0.25) is 20.4 Å². The van der Waals surface area contributed by atoms with Crippen molar-refractivity contribution in [2.24, 2.45) is 0 Å². The lowest BCUT2D eigenvalue weighted by atomic mass is 10.1. The second kappa shape index (κ2) is 7.17. The summed E-state index contributed by atoms with van der Waals surface area (Å²) in [7, 11) is 0. The van der Waals surface area contributed by atoms with Crippen molar-refractivity contribution >= 4 is 22.8 Å². The predicted octanol–water partition coefficient (Wildman–Crippen LogP) is 3.14. The average molecular weight is 340 g/mol. The molecule has 3 rings (SSSR count). The van der Waals surface area contributed by atoms with Crippen molar-refractivity contribution in [1.29, 1.82) is 0 Å². The normalized spacial score (nSPS) is 10.6. The Labute approximate surface area is 143 Å². The molecule has 0 radical (unpaired) electrons. The summed E-state index contributed by atoms with van der Waals surface area (Å²) in [6.07, 6.45) is 2.45. The Hall–Kier alpha value is -3.15. The Bertz CT molecular complexity index is 933. The fraction of sp³-hybridized carbons (Fsp3) is 0.158. The van der Waals surface area contributed by atoms with Gasteiger partial charge in [-0.25, -0.2) is 4.39 Å². The maximum absolute atomic E-state index is 13.5. The third kappa shape index (κ3) is 3.68. The average Bonchev–Trinajstić information content (AvgIpc) is 3.02. The highest BCUT2D eigenvalue weighted by Crippen LogP contribution is 2.23. The maximum Gasteiger partial charge on any atom is 0.272 e. The summed E-state index contributed by atoms with van der Waals surface area (Å²) in [6, 6.07) is 11.4. The number of rotatable bonds is 4. The van der Waals surface area contributed by atoms with Crippen LogP contribution < -0.4 is 10.9 Å². The summed E-state index contributed by atoms with van der Waals surface area (Å²) >= 11 is 0. The van der Waals surface area contributed by atoms with Crippen LogP contribution in [0.15, 0.2) is 53.1 Å². The van der Waals surface area contributed by atoms with Crippen LogP contribution in [-0.2, 0) is 17.6 Å². The first-order valence-corrected chi connectivity index (χ1v) is 7.91. The van der Waals surface area contributed by atoms with E-state index in [0.717, 1.165) is 22.9 Å². The Morgan fingerprint density at radius 3 is 2.68 bits per heavy atom. The zero-order valence-corrected chi connectivity index (χ0v) is 13.6. The van der Waals surface area contributed by atoms with E-state index >= 15 is 0 Å². The van der Waals surface area contributed by atoms with Crippen molar-refractivity contribution in [1.82, 2.24) is 10.9 Å². The highest BCUT2D eigenvalue weighted by atomic mass is 19.1. The number of fused-ring (bicyclic) bond motifs is 1. The SMILES string of the molecule is CCc1ccc2occ(CC(=O)NNC(=O)c3ccccc3F)c2c1. The van der Waals surface area contributed by atoms with Gasteiger partial charge in [0.15, 0.2) is 0 Å². The van der Waals surface area contributed by atoms with E-state index in [-0.39, 0.29) is 12.0 Å². The molecule has 0 atom stereocenters. The van der Waals surface area contributed by atoms with Crippen LogP contribution >= 0.6 is 0 Å². The summed E-state index contributed by atoms with van der Waals surface area (Å²) in [5.74, 6) is -1.78. The van der Waals surface area contributed by atoms with Crippen LogP contribution in [0, 0.1) is 5.82 Å². The van der Waals surface area contributed by atoms with E-state index in [9.17, 15) is 14.0 Å². The Morgan fingerprint density at radius 2 is 1.92 bits per heavy atom. The first-order valence-electron chi connectivity index (χ1n) is 7.91. The molecule has 0 aliphatic carbocycles. The third-order valence-electron chi connectivity index (χ3n) is 3.91. The van der Waals surface area contributed by atoms with Gasteiger partial charge in [0.1, 0.15) is 11.4 Å². The number of aryl methyl sites for hydroxylation is 1. The van der Waals surface area contributed by atoms with Gasteiger partial charge in [0.05, 0.1) is 18.2 Å². The van der Waals surface area contributed by atoms with E-state index in [2.05, 4.69) is 10.9 Å². The molecule has 0 bridgehead atoms. The number of benzene rings is 2. The number of furan rings is 1. The molecule has 0 unspecified atom stereocenters. The fourth-order valence-electron chi connectivity index (χ4n) is 2.54. The van der Waals surface area contributed by atoms with E-state index in [1.165, 1.54) is 24.5 Å². The molecule has 0 aliphatic rings. The minimum Gasteiger partial charge on any atom is -0.464 e. The van der Waals surface area contributed by atoms with Crippen LogP contribution in [0.25, 0.3) is 11.0 Å². The zero-order valence-electron chi connectivity index (χ0n) is 13.6. The smallest absolute Gasteiger partial charge is 0.272 e. The number of amides is 2. The Morgan fingerprint density at radius 1 is 1.12 bits per heavy atom. The van der Waals surface area contributed by atoms with E-state index < -0.39 is 17.6 Å². The van der Waals surface area contributed by atoms with Gasteiger partial charge in [-0.1, -0.05) is 25.1 Å². The highest BCUT2D eigenvalue weighted by molar-refractivity contribution is 5.96. The van der Waals surface area contributed by atoms with Crippen LogP contribution in [0.4, 0.5) is 4.39 Å². The number of nitrogens with one attached hydrogen (secondary N) is 2. The lowest BCUT2D eigenvalue weighted by Gasteiger charge is -2.07. The van der Waals surface area contributed by atoms with Crippen LogP contribution in [0.2, 0.25) is 0 Å². The van der Waals surface area contributed by atoms with E-state index in [0.29, 0.717) is 5.58 Å². The van der Waals surface area contributed by atoms with Gasteiger partial charge in [-0.2, -0.15) is 0 Å². The van der Waals surface area contributed by atoms with Gasteiger partial charge in [0, 0.05) is 10.9 Å². The summed E-state index contributed by atoms with van der Waals surface area (Å²) in [5, 5.41) is 0.870. The topological polar surface area (TPSA) is 71.3 Å². The van der Waals surface area contributed by atoms with Gasteiger partial charge in [0.25, 0.3) is 5.91 Å². The quantitative estimate of drug-likeness (QED) is 0.717. The molecule has 6 heteroatoms. The lowest BCUT2D eigenvalue weighted by Crippen LogP contribution is -2.42. The van der Waals surface area contributed by atoms with Crippen LogP contribution in [0.1, 0.15) is 28.4 Å². The Balaban J connectivity index is 1.65. The third-order valence-corrected chi connectivity index (χ3v) is 3.91. The number of hydrazine groups is 1. The molecule has 0 aliphatic heterocycles. The summed E-state index contributed by atoms with van der Waals surface area (Å²) in [5.41, 5.74) is 6.94. The number of hydrogen-bond donors (Lipinski definition) is 2. The predicted molar refractivity (Wildman–Crippen MR) is 91.3 cm³/mol. The van der Waals surface area contributed by atoms with Gasteiger partial charge in [-0.15, -0.1) is 0 Å². The molecule has 25 heavy (non-hydrogen) atoms. The molecular formula is C19H17FN2O3. The van der Waals surface area contributed by atoms with Crippen molar-refractivity contribution in [2.75, 3.05) is 0 Å². The first kappa shape index (κ1) is 16.7. The van der Waals surface area contributed by atoms with Crippen molar-refractivity contribution in [3.63, 3.8) is 0 Å².